The molecule has 39 heavy (non-hydrogen) atoms. The number of nitrogens with one attached hydrogen (secondary N) is 1. The van der Waals surface area contributed by atoms with Gasteiger partial charge in [-0.15, -0.1) is 0 Å². The van der Waals surface area contributed by atoms with Gasteiger partial charge in [0.15, 0.2) is 0 Å². The maximum absolute atomic E-state index is 13.7. The van der Waals surface area contributed by atoms with Crippen LogP contribution < -0.4 is 10.1 Å². The van der Waals surface area contributed by atoms with Crippen LogP contribution in [0.5, 0.6) is 5.75 Å². The molecule has 4 atom stereocenters. The molecule has 0 saturated heterocycles. The molecule has 2 N–H and O–H groups in total. The van der Waals surface area contributed by atoms with Gasteiger partial charge >= 0.3 is 11.9 Å². The van der Waals surface area contributed by atoms with Gasteiger partial charge in [0.2, 0.25) is 5.91 Å². The smallest absolute Gasteiger partial charge is 0.315 e. The van der Waals surface area contributed by atoms with Crippen LogP contribution in [0.2, 0.25) is 0 Å². The third kappa shape index (κ3) is 4.70. The summed E-state index contributed by atoms with van der Waals surface area (Å²) in [6.07, 6.45) is 1.19. The highest BCUT2D eigenvalue weighted by atomic mass is 16.5. The molecule has 3 unspecified atom stereocenters. The summed E-state index contributed by atoms with van der Waals surface area (Å²) in [4.78, 5) is 38.0. The standard InChI is InChI=1S/C33H27NO5/c35-27-17-16-20-14-15-24(19-26(20)34-27)23-12-7-13-25(18-23)39-33(38)31-28(21-8-3-1-4-9-21)30(32(36)37)29(31)22-10-5-2-6-11-22/h1-15,18-19,28-31H,16-17H2,(H,34,35)(H,36,37)/t28-,29?,30?,31?/m1/s1. The number of benzene rings is 4. The molecule has 0 spiro atoms. The van der Waals surface area contributed by atoms with Gasteiger partial charge in [0.05, 0.1) is 11.8 Å². The van der Waals surface area contributed by atoms with Crippen molar-refractivity contribution in [3.63, 3.8) is 0 Å². The fraction of sp³-hybridized carbons (Fsp3) is 0.182. The van der Waals surface area contributed by atoms with E-state index in [1.54, 1.807) is 12.1 Å². The number of carboxylic acids is 1. The predicted molar refractivity (Wildman–Crippen MR) is 147 cm³/mol. The lowest BCUT2D eigenvalue weighted by Gasteiger charge is -2.48. The second-order valence-electron chi connectivity index (χ2n) is 10.1. The van der Waals surface area contributed by atoms with Crippen LogP contribution in [-0.4, -0.2) is 23.0 Å². The van der Waals surface area contributed by atoms with Gasteiger partial charge in [-0.1, -0.05) is 84.9 Å². The highest BCUT2D eigenvalue weighted by molar-refractivity contribution is 5.95. The number of rotatable bonds is 6. The van der Waals surface area contributed by atoms with Crippen molar-refractivity contribution in [1.29, 1.82) is 0 Å². The number of carboxylic acid groups (broad SMARTS) is 1. The minimum absolute atomic E-state index is 0.00318. The molecule has 194 valence electrons. The predicted octanol–water partition coefficient (Wildman–Crippen LogP) is 6.04. The van der Waals surface area contributed by atoms with Crippen LogP contribution >= 0.6 is 0 Å². The zero-order valence-electron chi connectivity index (χ0n) is 21.1. The first-order valence-corrected chi connectivity index (χ1v) is 13.1. The highest BCUT2D eigenvalue weighted by Crippen LogP contribution is 2.58. The zero-order valence-corrected chi connectivity index (χ0v) is 21.1. The minimum Gasteiger partial charge on any atom is -0.481 e. The van der Waals surface area contributed by atoms with Gasteiger partial charge < -0.3 is 15.2 Å². The Balaban J connectivity index is 1.31. The van der Waals surface area contributed by atoms with E-state index in [1.807, 2.05) is 91.0 Å². The van der Waals surface area contributed by atoms with E-state index in [4.69, 9.17) is 4.74 Å². The summed E-state index contributed by atoms with van der Waals surface area (Å²) in [5, 5.41) is 13.1. The molecule has 6 rings (SSSR count). The Morgan fingerprint density at radius 1 is 0.718 bits per heavy atom. The summed E-state index contributed by atoms with van der Waals surface area (Å²) in [5.41, 5.74) is 5.26. The van der Waals surface area contributed by atoms with Crippen molar-refractivity contribution in [3.05, 3.63) is 120 Å². The van der Waals surface area contributed by atoms with Crippen molar-refractivity contribution in [2.75, 3.05) is 5.32 Å². The second kappa shape index (κ2) is 10.2. The zero-order chi connectivity index (χ0) is 26.9. The van der Waals surface area contributed by atoms with Crippen molar-refractivity contribution < 1.29 is 24.2 Å². The van der Waals surface area contributed by atoms with E-state index >= 15 is 0 Å². The molecule has 1 saturated carbocycles. The monoisotopic (exact) mass is 517 g/mol. The molecule has 0 radical (unpaired) electrons. The SMILES string of the molecule is O=C1CCc2ccc(-c3cccc(OC(=O)C4C(c5ccccc5)C(C(=O)O)[C@H]4c4ccccc4)c3)cc2N1. The van der Waals surface area contributed by atoms with E-state index in [9.17, 15) is 19.5 Å². The molecule has 0 bridgehead atoms. The summed E-state index contributed by atoms with van der Waals surface area (Å²) < 4.78 is 5.94. The van der Waals surface area contributed by atoms with E-state index in [-0.39, 0.29) is 5.91 Å². The number of ether oxygens (including phenoxy) is 1. The summed E-state index contributed by atoms with van der Waals surface area (Å²) in [7, 11) is 0. The minimum atomic E-state index is -0.928. The van der Waals surface area contributed by atoms with Gasteiger partial charge in [0.25, 0.3) is 0 Å². The fourth-order valence-electron chi connectivity index (χ4n) is 6.00. The first-order valence-electron chi connectivity index (χ1n) is 13.1. The van der Waals surface area contributed by atoms with Crippen molar-refractivity contribution >= 4 is 23.5 Å². The Morgan fingerprint density at radius 3 is 2.00 bits per heavy atom. The summed E-state index contributed by atoms with van der Waals surface area (Å²) in [6.45, 7) is 0. The van der Waals surface area contributed by atoms with Crippen LogP contribution in [0.15, 0.2) is 103 Å². The van der Waals surface area contributed by atoms with Gasteiger partial charge in [-0.3, -0.25) is 14.4 Å². The Labute approximate surface area is 226 Å². The summed E-state index contributed by atoms with van der Waals surface area (Å²) in [5.74, 6) is -3.40. The normalized spacial score (nSPS) is 21.7. The van der Waals surface area contributed by atoms with E-state index < -0.39 is 35.6 Å². The first-order chi connectivity index (χ1) is 19.0. The average molecular weight is 518 g/mol. The molecule has 4 aromatic rings. The van der Waals surface area contributed by atoms with Crippen molar-refractivity contribution in [1.82, 2.24) is 0 Å². The van der Waals surface area contributed by atoms with Gasteiger partial charge in [0.1, 0.15) is 5.75 Å². The Kier molecular flexibility index (Phi) is 6.45. The van der Waals surface area contributed by atoms with Crippen molar-refractivity contribution in [2.24, 2.45) is 11.8 Å². The molecular weight excluding hydrogens is 490 g/mol. The lowest BCUT2D eigenvalue weighted by atomic mass is 9.52. The number of esters is 1. The number of aliphatic carboxylic acids is 1. The molecular formula is C33H27NO5. The number of hydrogen-bond acceptors (Lipinski definition) is 4. The first kappa shape index (κ1) is 24.6. The Bertz CT molecular complexity index is 1500. The highest BCUT2D eigenvalue weighted by Gasteiger charge is 2.59. The molecule has 0 aromatic heterocycles. The third-order valence-corrected chi connectivity index (χ3v) is 7.87. The van der Waals surface area contributed by atoms with Crippen LogP contribution in [0.3, 0.4) is 0 Å². The van der Waals surface area contributed by atoms with E-state index in [0.717, 1.165) is 33.5 Å². The molecule has 1 heterocycles. The molecule has 4 aromatic carbocycles. The van der Waals surface area contributed by atoms with Crippen LogP contribution in [0.1, 0.15) is 34.9 Å². The van der Waals surface area contributed by atoms with Crippen LogP contribution in [0, 0.1) is 11.8 Å². The van der Waals surface area contributed by atoms with Crippen LogP contribution in [0.4, 0.5) is 5.69 Å². The average Bonchev–Trinajstić information content (AvgIpc) is 2.93. The molecule has 1 aliphatic heterocycles. The van der Waals surface area contributed by atoms with Gasteiger partial charge in [-0.2, -0.15) is 0 Å². The van der Waals surface area contributed by atoms with E-state index in [0.29, 0.717) is 18.6 Å². The fourth-order valence-corrected chi connectivity index (χ4v) is 6.00. The van der Waals surface area contributed by atoms with E-state index in [1.165, 1.54) is 0 Å². The van der Waals surface area contributed by atoms with Gasteiger partial charge in [0, 0.05) is 23.9 Å². The summed E-state index contributed by atoms with van der Waals surface area (Å²) >= 11 is 0. The van der Waals surface area contributed by atoms with Gasteiger partial charge in [-0.25, -0.2) is 0 Å². The van der Waals surface area contributed by atoms with Crippen molar-refractivity contribution in [3.8, 4) is 16.9 Å². The maximum Gasteiger partial charge on any atom is 0.315 e. The maximum atomic E-state index is 13.7. The third-order valence-electron chi connectivity index (χ3n) is 7.87. The molecule has 1 aliphatic carbocycles. The topological polar surface area (TPSA) is 92.7 Å². The van der Waals surface area contributed by atoms with Crippen LogP contribution in [-0.2, 0) is 20.8 Å². The molecule has 6 nitrogen and oxygen atoms in total. The number of amides is 1. The lowest BCUT2D eigenvalue weighted by molar-refractivity contribution is -0.158. The molecule has 6 heteroatoms. The van der Waals surface area contributed by atoms with Gasteiger partial charge in [-0.05, 0) is 52.4 Å². The van der Waals surface area contributed by atoms with E-state index in [2.05, 4.69) is 5.32 Å². The largest absolute Gasteiger partial charge is 0.481 e. The number of carbonyl (C=O) groups is 3. The Hall–Kier alpha value is -4.71. The Morgan fingerprint density at radius 2 is 1.36 bits per heavy atom. The van der Waals surface area contributed by atoms with Crippen molar-refractivity contribution in [2.45, 2.75) is 24.7 Å². The number of hydrogen-bond donors (Lipinski definition) is 2. The van der Waals surface area contributed by atoms with Crippen LogP contribution in [0.25, 0.3) is 11.1 Å². The summed E-state index contributed by atoms with van der Waals surface area (Å²) in [6, 6.07) is 31.9. The molecule has 2 aliphatic rings. The number of carbonyl (C=O) groups excluding carboxylic acids is 2. The molecule has 1 amide bonds. The molecule has 1 fully saturated rings. The lowest BCUT2D eigenvalue weighted by Crippen LogP contribution is -2.52. The second-order valence-corrected chi connectivity index (χ2v) is 10.1. The number of anilines is 1. The number of fused-ring (bicyclic) bond motifs is 1. The number of aryl methyl sites for hydroxylation is 1. The quantitative estimate of drug-likeness (QED) is 0.240.